The Bertz CT molecular complexity index is 384. The topological polar surface area (TPSA) is 32.6 Å². The summed E-state index contributed by atoms with van der Waals surface area (Å²) in [5.41, 5.74) is 1.16. The summed E-state index contributed by atoms with van der Waals surface area (Å²) in [6, 6.07) is 1.98. The van der Waals surface area contributed by atoms with Crippen LogP contribution in [0.15, 0.2) is 17.3 Å². The molecule has 0 aliphatic rings. The molecule has 0 bridgehead atoms. The number of nitrogens with zero attached hydrogens (tertiary/aromatic N) is 3. The third kappa shape index (κ3) is 3.97. The Morgan fingerprint density at radius 2 is 2.29 bits per heavy atom. The molecule has 1 aromatic rings. The smallest absolute Gasteiger partial charge is 0.193 e. The predicted molar refractivity (Wildman–Crippen MR) is 73.5 cm³/mol. The molecule has 4 nitrogen and oxygen atoms in total. The molecule has 0 aliphatic carbocycles. The van der Waals surface area contributed by atoms with Crippen LogP contribution in [-0.2, 0) is 13.6 Å². The largest absolute Gasteiger partial charge is 0.356 e. The minimum absolute atomic E-state index is 0.771. The molecule has 0 saturated heterocycles. The van der Waals surface area contributed by atoms with Crippen LogP contribution < -0.4 is 5.32 Å². The second kappa shape index (κ2) is 6.55. The fourth-order valence-corrected chi connectivity index (χ4v) is 1.94. The summed E-state index contributed by atoms with van der Waals surface area (Å²) in [5, 5.41) is 4.07. The highest BCUT2D eigenvalue weighted by molar-refractivity contribution is 6.30. The van der Waals surface area contributed by atoms with Crippen molar-refractivity contribution in [2.24, 2.45) is 12.0 Å². The number of halogens is 1. The van der Waals surface area contributed by atoms with Gasteiger partial charge in [-0.2, -0.15) is 0 Å². The molecule has 0 spiro atoms. The van der Waals surface area contributed by atoms with Crippen LogP contribution in [0.1, 0.15) is 19.0 Å². The second-order valence-corrected chi connectivity index (χ2v) is 4.53. The average molecular weight is 257 g/mol. The average Bonchev–Trinajstić information content (AvgIpc) is 2.58. The zero-order chi connectivity index (χ0) is 12.8. The van der Waals surface area contributed by atoms with Gasteiger partial charge in [0.1, 0.15) is 0 Å². The summed E-state index contributed by atoms with van der Waals surface area (Å²) >= 11 is 5.96. The number of nitrogens with one attached hydrogen (secondary N) is 1. The standard InChI is InChI=1S/C12H21ClN4/c1-5-6-15-12(14-2)17(4)9-11-7-10(13)8-16(11)3/h7-8H,5-6,9H2,1-4H3,(H,14,15). The van der Waals surface area contributed by atoms with Crippen LogP contribution in [0.5, 0.6) is 0 Å². The van der Waals surface area contributed by atoms with Gasteiger partial charge in [-0.1, -0.05) is 18.5 Å². The lowest BCUT2D eigenvalue weighted by molar-refractivity contribution is 0.462. The third-order valence-electron chi connectivity index (χ3n) is 2.58. The van der Waals surface area contributed by atoms with Crippen LogP contribution in [0.25, 0.3) is 0 Å². The first kappa shape index (κ1) is 13.9. The quantitative estimate of drug-likeness (QED) is 0.661. The van der Waals surface area contributed by atoms with Crippen molar-refractivity contribution < 1.29 is 0 Å². The Morgan fingerprint density at radius 1 is 1.59 bits per heavy atom. The van der Waals surface area contributed by atoms with Crippen LogP contribution in [0.3, 0.4) is 0 Å². The van der Waals surface area contributed by atoms with Gasteiger partial charge in [0, 0.05) is 39.6 Å². The van der Waals surface area contributed by atoms with E-state index in [1.54, 1.807) is 7.05 Å². The summed E-state index contributed by atoms with van der Waals surface area (Å²) in [6.45, 7) is 3.86. The van der Waals surface area contributed by atoms with Crippen LogP contribution in [-0.4, -0.2) is 36.1 Å². The van der Waals surface area contributed by atoms with E-state index in [0.29, 0.717) is 0 Å². The highest BCUT2D eigenvalue weighted by Gasteiger charge is 2.08. The van der Waals surface area contributed by atoms with Crippen LogP contribution in [0, 0.1) is 0 Å². The summed E-state index contributed by atoms with van der Waals surface area (Å²) < 4.78 is 2.03. The van der Waals surface area contributed by atoms with Crippen molar-refractivity contribution in [3.63, 3.8) is 0 Å². The summed E-state index contributed by atoms with van der Waals surface area (Å²) in [6.07, 6.45) is 3.00. The SMILES string of the molecule is CCCNC(=NC)N(C)Cc1cc(Cl)cn1C. The molecule has 0 amide bonds. The minimum Gasteiger partial charge on any atom is -0.356 e. The maximum absolute atomic E-state index is 5.96. The predicted octanol–water partition coefficient (Wildman–Crippen LogP) is 2.10. The van der Waals surface area contributed by atoms with E-state index in [0.717, 1.165) is 36.2 Å². The Kier molecular flexibility index (Phi) is 5.35. The Morgan fingerprint density at radius 3 is 2.76 bits per heavy atom. The van der Waals surface area contributed by atoms with E-state index in [4.69, 9.17) is 11.6 Å². The number of aryl methyl sites for hydroxylation is 1. The zero-order valence-corrected chi connectivity index (χ0v) is 11.8. The number of aromatic nitrogens is 1. The Labute approximate surface area is 108 Å². The fraction of sp³-hybridized carbons (Fsp3) is 0.583. The van der Waals surface area contributed by atoms with Crippen LogP contribution in [0.4, 0.5) is 0 Å². The van der Waals surface area contributed by atoms with Crippen molar-refractivity contribution in [3.05, 3.63) is 23.0 Å². The van der Waals surface area contributed by atoms with Gasteiger partial charge in [0.25, 0.3) is 0 Å². The molecule has 0 aromatic carbocycles. The molecule has 0 radical (unpaired) electrons. The first-order chi connectivity index (χ1) is 8.08. The van der Waals surface area contributed by atoms with Gasteiger partial charge in [-0.05, 0) is 12.5 Å². The molecule has 5 heteroatoms. The molecule has 0 fully saturated rings. The monoisotopic (exact) mass is 256 g/mol. The lowest BCUT2D eigenvalue weighted by Gasteiger charge is -2.22. The number of aliphatic imine (C=N–C) groups is 1. The molecule has 0 saturated carbocycles. The number of hydrogen-bond donors (Lipinski definition) is 1. The van der Waals surface area contributed by atoms with Gasteiger partial charge < -0.3 is 14.8 Å². The first-order valence-corrected chi connectivity index (χ1v) is 6.18. The molecule has 0 aliphatic heterocycles. The molecule has 1 aromatic heterocycles. The highest BCUT2D eigenvalue weighted by atomic mass is 35.5. The molecular weight excluding hydrogens is 236 g/mol. The van der Waals surface area contributed by atoms with Crippen molar-refractivity contribution in [1.82, 2.24) is 14.8 Å². The summed E-state index contributed by atoms with van der Waals surface area (Å²) in [4.78, 5) is 6.33. The normalized spacial score (nSPS) is 11.7. The second-order valence-electron chi connectivity index (χ2n) is 4.09. The van der Waals surface area contributed by atoms with E-state index < -0.39 is 0 Å². The Balaban J connectivity index is 2.64. The molecule has 1 rings (SSSR count). The van der Waals surface area contributed by atoms with E-state index in [9.17, 15) is 0 Å². The maximum Gasteiger partial charge on any atom is 0.193 e. The summed E-state index contributed by atoms with van der Waals surface area (Å²) in [5.74, 6) is 0.907. The molecule has 0 unspecified atom stereocenters. The van der Waals surface area contributed by atoms with E-state index in [1.165, 1.54) is 0 Å². The molecule has 0 atom stereocenters. The van der Waals surface area contributed by atoms with Crippen LogP contribution >= 0.6 is 11.6 Å². The van der Waals surface area contributed by atoms with Crippen molar-refractivity contribution in [2.75, 3.05) is 20.6 Å². The van der Waals surface area contributed by atoms with E-state index in [2.05, 4.69) is 22.1 Å². The summed E-state index contributed by atoms with van der Waals surface area (Å²) in [7, 11) is 5.82. The molecular formula is C12H21ClN4. The molecule has 17 heavy (non-hydrogen) atoms. The lowest BCUT2D eigenvalue weighted by Crippen LogP contribution is -2.39. The number of guanidine groups is 1. The van der Waals surface area contributed by atoms with E-state index in [-0.39, 0.29) is 0 Å². The van der Waals surface area contributed by atoms with Crippen molar-refractivity contribution >= 4 is 17.6 Å². The van der Waals surface area contributed by atoms with Gasteiger partial charge in [0.05, 0.1) is 11.6 Å². The highest BCUT2D eigenvalue weighted by Crippen LogP contribution is 2.14. The van der Waals surface area contributed by atoms with Gasteiger partial charge in [-0.3, -0.25) is 4.99 Å². The number of rotatable bonds is 4. The lowest BCUT2D eigenvalue weighted by atomic mass is 10.4. The Hall–Kier alpha value is -1.16. The third-order valence-corrected chi connectivity index (χ3v) is 2.79. The maximum atomic E-state index is 5.96. The van der Waals surface area contributed by atoms with Gasteiger partial charge in [-0.25, -0.2) is 0 Å². The molecule has 1 N–H and O–H groups in total. The van der Waals surface area contributed by atoms with E-state index in [1.807, 2.05) is 30.9 Å². The van der Waals surface area contributed by atoms with E-state index >= 15 is 0 Å². The van der Waals surface area contributed by atoms with Gasteiger partial charge in [0.15, 0.2) is 5.96 Å². The van der Waals surface area contributed by atoms with Gasteiger partial charge >= 0.3 is 0 Å². The fourth-order valence-electron chi connectivity index (χ4n) is 1.66. The number of hydrogen-bond acceptors (Lipinski definition) is 1. The molecule has 96 valence electrons. The van der Waals surface area contributed by atoms with Crippen molar-refractivity contribution in [3.8, 4) is 0 Å². The van der Waals surface area contributed by atoms with Gasteiger partial charge in [0.2, 0.25) is 0 Å². The minimum atomic E-state index is 0.771. The van der Waals surface area contributed by atoms with Crippen molar-refractivity contribution in [1.29, 1.82) is 0 Å². The zero-order valence-electron chi connectivity index (χ0n) is 11.0. The first-order valence-electron chi connectivity index (χ1n) is 5.81. The van der Waals surface area contributed by atoms with Crippen molar-refractivity contribution in [2.45, 2.75) is 19.9 Å². The van der Waals surface area contributed by atoms with Gasteiger partial charge in [-0.15, -0.1) is 0 Å². The van der Waals surface area contributed by atoms with Crippen LogP contribution in [0.2, 0.25) is 5.02 Å². The molecule has 1 heterocycles.